The Bertz CT molecular complexity index is 590. The van der Waals surface area contributed by atoms with Crippen LogP contribution in [0.1, 0.15) is 46.5 Å². The molecule has 0 bridgehead atoms. The number of ether oxygens (including phenoxy) is 1. The van der Waals surface area contributed by atoms with Crippen LogP contribution in [0.3, 0.4) is 0 Å². The van der Waals surface area contributed by atoms with Crippen molar-refractivity contribution in [1.82, 2.24) is 10.2 Å². The first-order valence-electron chi connectivity index (χ1n) is 9.25. The third-order valence-electron chi connectivity index (χ3n) is 4.25. The van der Waals surface area contributed by atoms with E-state index in [0.717, 1.165) is 0 Å². The maximum absolute atomic E-state index is 12.8. The van der Waals surface area contributed by atoms with Crippen LogP contribution in [0.2, 0.25) is 0 Å². The van der Waals surface area contributed by atoms with Crippen LogP contribution >= 0.6 is 21.6 Å². The second kappa shape index (κ2) is 11.5. The fourth-order valence-electron chi connectivity index (χ4n) is 2.76. The van der Waals surface area contributed by atoms with Gasteiger partial charge in [0.15, 0.2) is 0 Å². The average molecular weight is 431 g/mol. The van der Waals surface area contributed by atoms with Gasteiger partial charge in [-0.1, -0.05) is 21.6 Å². The number of nitrogens with zero attached hydrogens (tertiary/aromatic N) is 1. The summed E-state index contributed by atoms with van der Waals surface area (Å²) in [6.07, 6.45) is 6.61. The van der Waals surface area contributed by atoms with E-state index in [-0.39, 0.29) is 18.4 Å². The molecule has 28 heavy (non-hydrogen) atoms. The second-order valence-corrected chi connectivity index (χ2v) is 10.4. The Labute approximate surface area is 175 Å². The van der Waals surface area contributed by atoms with Crippen molar-refractivity contribution < 1.29 is 24.2 Å². The summed E-state index contributed by atoms with van der Waals surface area (Å²) in [6, 6.07) is 0. The van der Waals surface area contributed by atoms with Gasteiger partial charge in [-0.3, -0.25) is 9.59 Å². The average Bonchev–Trinajstić information content (AvgIpc) is 2.59. The zero-order valence-electron chi connectivity index (χ0n) is 16.8. The molecule has 0 aromatic rings. The zero-order valence-corrected chi connectivity index (χ0v) is 18.4. The summed E-state index contributed by atoms with van der Waals surface area (Å²) in [6.45, 7) is 6.83. The van der Waals surface area contributed by atoms with E-state index in [4.69, 9.17) is 16.3 Å². The Balaban J connectivity index is 2.45. The molecule has 1 heterocycles. The molecule has 0 aromatic carbocycles. The summed E-state index contributed by atoms with van der Waals surface area (Å²) in [5.74, 6) is 2.95. The van der Waals surface area contributed by atoms with Crippen LogP contribution in [0.5, 0.6) is 0 Å². The zero-order chi connectivity index (χ0) is 21.2. The minimum absolute atomic E-state index is 0.0783. The minimum atomic E-state index is -0.810. The Kier molecular flexibility index (Phi) is 10.0. The smallest absolute Gasteiger partial charge is 0.410 e. The third-order valence-corrected chi connectivity index (χ3v) is 6.66. The van der Waals surface area contributed by atoms with Crippen molar-refractivity contribution in [3.05, 3.63) is 0 Å². The van der Waals surface area contributed by atoms with Crippen molar-refractivity contribution in [3.63, 3.8) is 0 Å². The van der Waals surface area contributed by atoms with E-state index in [1.54, 1.807) is 4.90 Å². The summed E-state index contributed by atoms with van der Waals surface area (Å²) in [5.41, 5.74) is -1.21. The summed E-state index contributed by atoms with van der Waals surface area (Å²) in [5, 5.41) is 11.5. The summed E-state index contributed by atoms with van der Waals surface area (Å²) >= 11 is 0. The Morgan fingerprint density at radius 1 is 1.21 bits per heavy atom. The van der Waals surface area contributed by atoms with Crippen molar-refractivity contribution in [1.29, 1.82) is 0 Å². The highest BCUT2D eigenvalue weighted by Crippen LogP contribution is 2.35. The van der Waals surface area contributed by atoms with Crippen molar-refractivity contribution in [3.8, 4) is 12.3 Å². The maximum Gasteiger partial charge on any atom is 0.410 e. The standard InChI is InChI=1S/C19H30N2O5S2/c1-5-7-19(16(24)20-10-14-28-27-13-6-15(22)23)8-11-21(12-9-19)17(25)26-18(2,3)4/h1H,6-14H2,2-4H3,(H,20,24)(H,22,23). The lowest BCUT2D eigenvalue weighted by Gasteiger charge is -2.40. The first-order chi connectivity index (χ1) is 13.1. The van der Waals surface area contributed by atoms with E-state index in [2.05, 4.69) is 11.2 Å². The number of terminal acetylenes is 1. The van der Waals surface area contributed by atoms with Crippen LogP contribution < -0.4 is 5.32 Å². The molecule has 1 fully saturated rings. The lowest BCUT2D eigenvalue weighted by molar-refractivity contribution is -0.136. The number of carbonyl (C=O) groups is 3. The van der Waals surface area contributed by atoms with E-state index in [1.165, 1.54) is 21.6 Å². The number of hydrogen-bond acceptors (Lipinski definition) is 6. The number of carboxylic acid groups (broad SMARTS) is 1. The molecule has 9 heteroatoms. The monoisotopic (exact) mass is 430 g/mol. The van der Waals surface area contributed by atoms with Crippen LogP contribution in [0.15, 0.2) is 0 Å². The fourth-order valence-corrected chi connectivity index (χ4v) is 4.65. The number of aliphatic carboxylic acids is 1. The molecule has 0 aliphatic carbocycles. The lowest BCUT2D eigenvalue weighted by atomic mass is 9.75. The molecule has 0 saturated carbocycles. The maximum atomic E-state index is 12.8. The lowest BCUT2D eigenvalue weighted by Crippen LogP contribution is -2.51. The first kappa shape index (κ1) is 24.5. The minimum Gasteiger partial charge on any atom is -0.481 e. The molecule has 1 aliphatic rings. The van der Waals surface area contributed by atoms with Crippen LogP contribution in [0.25, 0.3) is 0 Å². The molecule has 1 saturated heterocycles. The number of nitrogens with one attached hydrogen (secondary N) is 1. The number of likely N-dealkylation sites (tertiary alicyclic amines) is 1. The van der Waals surface area contributed by atoms with Gasteiger partial charge in [0.05, 0.1) is 11.8 Å². The second-order valence-electron chi connectivity index (χ2n) is 7.67. The number of carbonyl (C=O) groups excluding carboxylic acids is 2. The highest BCUT2D eigenvalue weighted by Gasteiger charge is 2.42. The Morgan fingerprint density at radius 2 is 1.82 bits per heavy atom. The molecular weight excluding hydrogens is 400 g/mol. The molecule has 1 rings (SSSR count). The van der Waals surface area contributed by atoms with Crippen molar-refractivity contribution in [2.24, 2.45) is 5.41 Å². The summed E-state index contributed by atoms with van der Waals surface area (Å²) < 4.78 is 5.40. The van der Waals surface area contributed by atoms with Gasteiger partial charge in [-0.25, -0.2) is 4.79 Å². The largest absolute Gasteiger partial charge is 0.481 e. The fraction of sp³-hybridized carbons (Fsp3) is 0.737. The molecule has 7 nitrogen and oxygen atoms in total. The molecule has 0 radical (unpaired) electrons. The SMILES string of the molecule is C#CCC1(C(=O)NCCSSCCC(=O)O)CCN(C(=O)OC(C)(C)C)CC1. The highest BCUT2D eigenvalue weighted by atomic mass is 33.1. The van der Waals surface area contributed by atoms with Gasteiger partial charge in [-0.2, -0.15) is 0 Å². The van der Waals surface area contributed by atoms with Gasteiger partial charge in [-0.05, 0) is 33.6 Å². The van der Waals surface area contributed by atoms with Gasteiger partial charge in [0.1, 0.15) is 5.60 Å². The predicted molar refractivity (Wildman–Crippen MR) is 113 cm³/mol. The van der Waals surface area contributed by atoms with Crippen molar-refractivity contribution in [2.75, 3.05) is 31.1 Å². The van der Waals surface area contributed by atoms with Gasteiger partial charge in [0.25, 0.3) is 0 Å². The first-order valence-corrected chi connectivity index (χ1v) is 11.7. The number of hydrogen-bond donors (Lipinski definition) is 2. The topological polar surface area (TPSA) is 95.9 Å². The van der Waals surface area contributed by atoms with Crippen LogP contribution in [0.4, 0.5) is 4.79 Å². The van der Waals surface area contributed by atoms with E-state index >= 15 is 0 Å². The summed E-state index contributed by atoms with van der Waals surface area (Å²) in [4.78, 5) is 37.1. The highest BCUT2D eigenvalue weighted by molar-refractivity contribution is 8.76. The predicted octanol–water partition coefficient (Wildman–Crippen LogP) is 3.00. The van der Waals surface area contributed by atoms with Crippen LogP contribution in [-0.2, 0) is 14.3 Å². The third kappa shape index (κ3) is 8.65. The molecule has 0 unspecified atom stereocenters. The molecule has 2 amide bonds. The van der Waals surface area contributed by atoms with E-state index in [1.807, 2.05) is 20.8 Å². The van der Waals surface area contributed by atoms with E-state index in [0.29, 0.717) is 50.4 Å². The van der Waals surface area contributed by atoms with Gasteiger partial charge < -0.3 is 20.1 Å². The molecular formula is C19H30N2O5S2. The van der Waals surface area contributed by atoms with Gasteiger partial charge in [0, 0.05) is 37.6 Å². The van der Waals surface area contributed by atoms with Crippen molar-refractivity contribution in [2.45, 2.75) is 52.1 Å². The molecule has 2 N–H and O–H groups in total. The van der Waals surface area contributed by atoms with Crippen LogP contribution in [0, 0.1) is 17.8 Å². The van der Waals surface area contributed by atoms with Gasteiger partial charge in [0.2, 0.25) is 5.91 Å². The van der Waals surface area contributed by atoms with E-state index in [9.17, 15) is 14.4 Å². The number of rotatable bonds is 9. The van der Waals surface area contributed by atoms with Gasteiger partial charge in [-0.15, -0.1) is 12.3 Å². The summed E-state index contributed by atoms with van der Waals surface area (Å²) in [7, 11) is 3.01. The van der Waals surface area contributed by atoms with Crippen LogP contribution in [-0.4, -0.2) is 64.7 Å². The molecule has 1 aliphatic heterocycles. The van der Waals surface area contributed by atoms with Crippen molar-refractivity contribution >= 4 is 39.6 Å². The molecule has 0 atom stereocenters. The Morgan fingerprint density at radius 3 is 2.36 bits per heavy atom. The Hall–Kier alpha value is -1.53. The number of amides is 2. The van der Waals surface area contributed by atoms with Gasteiger partial charge >= 0.3 is 12.1 Å². The number of carboxylic acids is 1. The molecule has 158 valence electrons. The normalized spacial score (nSPS) is 16.1. The molecule has 0 aromatic heterocycles. The number of piperidine rings is 1. The van der Waals surface area contributed by atoms with E-state index < -0.39 is 17.0 Å². The quantitative estimate of drug-likeness (QED) is 0.330. The molecule has 0 spiro atoms.